The Morgan fingerprint density at radius 3 is 1.38 bits per heavy atom. The molecule has 0 unspecified atom stereocenters. The molecule has 4 nitrogen and oxygen atoms in total. The summed E-state index contributed by atoms with van der Waals surface area (Å²) in [5.41, 5.74) is 1.97. The van der Waals surface area contributed by atoms with E-state index in [-0.39, 0.29) is 0 Å². The molecule has 2 rings (SSSR count). The highest BCUT2D eigenvalue weighted by Crippen LogP contribution is 2.12. The van der Waals surface area contributed by atoms with Gasteiger partial charge in [0.1, 0.15) is 11.5 Å². The van der Waals surface area contributed by atoms with Gasteiger partial charge in [0.05, 0.1) is 25.6 Å². The molecule has 0 heterocycles. The Bertz CT molecular complexity index is 587. The summed E-state index contributed by atoms with van der Waals surface area (Å²) in [5, 5.41) is 8.15. The summed E-state index contributed by atoms with van der Waals surface area (Å²) >= 11 is 0. The molecule has 0 aliphatic heterocycles. The van der Waals surface area contributed by atoms with E-state index in [4.69, 9.17) is 9.47 Å². The normalized spacial score (nSPS) is 11.2. The molecule has 0 spiro atoms. The van der Waals surface area contributed by atoms with Gasteiger partial charge in [-0.1, -0.05) is 13.8 Å². The van der Waals surface area contributed by atoms with Gasteiger partial charge in [0, 0.05) is 0 Å². The summed E-state index contributed by atoms with van der Waals surface area (Å²) < 4.78 is 11.1. The van der Waals surface area contributed by atoms with Crippen molar-refractivity contribution < 1.29 is 9.47 Å². The molecule has 0 bridgehead atoms. The third-order valence-corrected chi connectivity index (χ3v) is 3.19. The standard InChI is InChI=1S/C20H24N2O2/c1-3-13-23-19-9-5-17(6-10-19)15-21-22-16-18-7-11-20(12-8-18)24-14-4-2/h5-12,15-16H,3-4,13-14H2,1-2H3/b21-15+,22-16?. The summed E-state index contributed by atoms with van der Waals surface area (Å²) in [5.74, 6) is 1.76. The Labute approximate surface area is 143 Å². The van der Waals surface area contributed by atoms with E-state index in [0.29, 0.717) is 0 Å². The predicted molar refractivity (Wildman–Crippen MR) is 99.6 cm³/mol. The van der Waals surface area contributed by atoms with Crippen LogP contribution in [0.3, 0.4) is 0 Å². The zero-order valence-electron chi connectivity index (χ0n) is 14.3. The zero-order chi connectivity index (χ0) is 17.0. The molecule has 4 heteroatoms. The van der Waals surface area contributed by atoms with Gasteiger partial charge in [0.15, 0.2) is 0 Å². The summed E-state index contributed by atoms with van der Waals surface area (Å²) in [6, 6.07) is 15.6. The molecule has 0 aliphatic rings. The van der Waals surface area contributed by atoms with E-state index in [1.807, 2.05) is 48.5 Å². The first-order valence-corrected chi connectivity index (χ1v) is 8.34. The first-order valence-electron chi connectivity index (χ1n) is 8.34. The zero-order valence-corrected chi connectivity index (χ0v) is 14.3. The monoisotopic (exact) mass is 324 g/mol. The predicted octanol–water partition coefficient (Wildman–Crippen LogP) is 4.72. The van der Waals surface area contributed by atoms with Crippen LogP contribution in [-0.4, -0.2) is 25.6 Å². The smallest absolute Gasteiger partial charge is 0.119 e. The Morgan fingerprint density at radius 2 is 1.04 bits per heavy atom. The second kappa shape index (κ2) is 10.2. The quantitative estimate of drug-likeness (QED) is 0.495. The third kappa shape index (κ3) is 6.24. The summed E-state index contributed by atoms with van der Waals surface area (Å²) in [6.45, 7) is 5.65. The average molecular weight is 324 g/mol. The minimum absolute atomic E-state index is 0.736. The number of rotatable bonds is 9. The largest absolute Gasteiger partial charge is 0.494 e. The minimum atomic E-state index is 0.736. The summed E-state index contributed by atoms with van der Waals surface area (Å²) in [4.78, 5) is 0. The minimum Gasteiger partial charge on any atom is -0.494 e. The maximum Gasteiger partial charge on any atom is 0.119 e. The van der Waals surface area contributed by atoms with Gasteiger partial charge in [-0.05, 0) is 72.5 Å². The van der Waals surface area contributed by atoms with Crippen LogP contribution >= 0.6 is 0 Å². The van der Waals surface area contributed by atoms with Crippen molar-refractivity contribution in [3.63, 3.8) is 0 Å². The average Bonchev–Trinajstić information content (AvgIpc) is 2.64. The molecule has 0 aromatic heterocycles. The summed E-state index contributed by atoms with van der Waals surface area (Å²) in [7, 11) is 0. The number of hydrogen-bond donors (Lipinski definition) is 0. The van der Waals surface area contributed by atoms with Gasteiger partial charge in [0.2, 0.25) is 0 Å². The fourth-order valence-corrected chi connectivity index (χ4v) is 1.94. The van der Waals surface area contributed by atoms with Crippen molar-refractivity contribution in [2.75, 3.05) is 13.2 Å². The van der Waals surface area contributed by atoms with Crippen molar-refractivity contribution in [3.8, 4) is 11.5 Å². The maximum absolute atomic E-state index is 5.54. The topological polar surface area (TPSA) is 43.2 Å². The van der Waals surface area contributed by atoms with Crippen LogP contribution in [0.25, 0.3) is 0 Å². The first-order chi connectivity index (χ1) is 11.8. The summed E-state index contributed by atoms with van der Waals surface area (Å²) in [6.07, 6.45) is 5.45. The lowest BCUT2D eigenvalue weighted by Crippen LogP contribution is -1.94. The van der Waals surface area contributed by atoms with Crippen molar-refractivity contribution in [1.29, 1.82) is 0 Å². The number of hydrogen-bond acceptors (Lipinski definition) is 4. The highest BCUT2D eigenvalue weighted by molar-refractivity contribution is 5.82. The lowest BCUT2D eigenvalue weighted by Gasteiger charge is -2.03. The van der Waals surface area contributed by atoms with Gasteiger partial charge < -0.3 is 9.47 Å². The van der Waals surface area contributed by atoms with Crippen molar-refractivity contribution in [3.05, 3.63) is 59.7 Å². The van der Waals surface area contributed by atoms with E-state index in [0.717, 1.165) is 48.7 Å². The first kappa shape index (κ1) is 17.7. The van der Waals surface area contributed by atoms with Gasteiger partial charge in [-0.25, -0.2) is 0 Å². The maximum atomic E-state index is 5.54. The second-order valence-electron chi connectivity index (χ2n) is 5.32. The Balaban J connectivity index is 1.85. The molecular weight excluding hydrogens is 300 g/mol. The van der Waals surface area contributed by atoms with E-state index < -0.39 is 0 Å². The number of benzene rings is 2. The van der Waals surface area contributed by atoms with Gasteiger partial charge in [-0.3, -0.25) is 0 Å². The fraction of sp³-hybridized carbons (Fsp3) is 0.300. The molecule has 0 N–H and O–H groups in total. The van der Waals surface area contributed by atoms with Gasteiger partial charge >= 0.3 is 0 Å². The van der Waals surface area contributed by atoms with Crippen LogP contribution in [0.15, 0.2) is 58.7 Å². The molecule has 0 saturated carbocycles. The Morgan fingerprint density at radius 1 is 0.667 bits per heavy atom. The van der Waals surface area contributed by atoms with Crippen LogP contribution in [0.5, 0.6) is 11.5 Å². The van der Waals surface area contributed by atoms with Crippen molar-refractivity contribution in [1.82, 2.24) is 0 Å². The molecule has 0 saturated heterocycles. The van der Waals surface area contributed by atoms with E-state index in [2.05, 4.69) is 24.1 Å². The van der Waals surface area contributed by atoms with E-state index in [1.54, 1.807) is 12.4 Å². The molecule has 2 aromatic carbocycles. The van der Waals surface area contributed by atoms with Crippen molar-refractivity contribution >= 4 is 12.4 Å². The SMILES string of the molecule is CCCOc1ccc(C=N/N=C/c2ccc(OCCC)cc2)cc1. The van der Waals surface area contributed by atoms with E-state index >= 15 is 0 Å². The molecule has 0 aliphatic carbocycles. The fourth-order valence-electron chi connectivity index (χ4n) is 1.94. The van der Waals surface area contributed by atoms with Crippen LogP contribution in [0, 0.1) is 0 Å². The third-order valence-electron chi connectivity index (χ3n) is 3.19. The van der Waals surface area contributed by atoms with Crippen LogP contribution in [0.4, 0.5) is 0 Å². The highest BCUT2D eigenvalue weighted by Gasteiger charge is 1.94. The van der Waals surface area contributed by atoms with E-state index in [1.165, 1.54) is 0 Å². The molecular formula is C20H24N2O2. The molecule has 0 fully saturated rings. The van der Waals surface area contributed by atoms with Gasteiger partial charge in [0.25, 0.3) is 0 Å². The molecule has 24 heavy (non-hydrogen) atoms. The van der Waals surface area contributed by atoms with Crippen LogP contribution < -0.4 is 9.47 Å². The lowest BCUT2D eigenvalue weighted by atomic mass is 10.2. The van der Waals surface area contributed by atoms with Crippen LogP contribution in [0.2, 0.25) is 0 Å². The van der Waals surface area contributed by atoms with E-state index in [9.17, 15) is 0 Å². The van der Waals surface area contributed by atoms with Crippen LogP contribution in [-0.2, 0) is 0 Å². The second-order valence-corrected chi connectivity index (χ2v) is 5.32. The number of ether oxygens (including phenoxy) is 2. The number of nitrogens with zero attached hydrogens (tertiary/aromatic N) is 2. The Hall–Kier alpha value is -2.62. The van der Waals surface area contributed by atoms with Crippen LogP contribution in [0.1, 0.15) is 37.8 Å². The highest BCUT2D eigenvalue weighted by atomic mass is 16.5. The molecule has 126 valence electrons. The van der Waals surface area contributed by atoms with Crippen molar-refractivity contribution in [2.45, 2.75) is 26.7 Å². The molecule has 0 amide bonds. The van der Waals surface area contributed by atoms with Gasteiger partial charge in [-0.2, -0.15) is 10.2 Å². The molecule has 0 radical (unpaired) electrons. The van der Waals surface area contributed by atoms with Crippen molar-refractivity contribution in [2.24, 2.45) is 10.2 Å². The molecule has 2 aromatic rings. The molecule has 0 atom stereocenters. The Kier molecular flexibility index (Phi) is 7.54. The van der Waals surface area contributed by atoms with Gasteiger partial charge in [-0.15, -0.1) is 0 Å². The lowest BCUT2D eigenvalue weighted by molar-refractivity contribution is 0.317.